The average Bonchev–Trinajstić information content (AvgIpc) is 2.39. The smallest absolute Gasteiger partial charge is 0.326 e. The largest absolute Gasteiger partial charge is 0.480 e. The number of hydrogen-bond acceptors (Lipinski definition) is 4. The fourth-order valence-corrected chi connectivity index (χ4v) is 2.50. The third-order valence-electron chi connectivity index (χ3n) is 2.96. The molecule has 0 aliphatic heterocycles. The number of rotatable bonds is 6. The molecule has 0 saturated heterocycles. The molecule has 7 heteroatoms. The van der Waals surface area contributed by atoms with E-state index in [1.54, 1.807) is 31.0 Å². The number of nitrogens with one attached hydrogen (secondary N) is 1. The lowest BCUT2D eigenvalue weighted by atomic mass is 10.2. The van der Waals surface area contributed by atoms with Crippen LogP contribution in [0.2, 0.25) is 0 Å². The number of aliphatic carboxylic acids is 1. The molecule has 106 valence electrons. The Hall–Kier alpha value is -1.60. The Balaban J connectivity index is 3.02. The van der Waals surface area contributed by atoms with Crippen LogP contribution in [0.4, 0.5) is 5.69 Å². The van der Waals surface area contributed by atoms with E-state index in [0.717, 1.165) is 0 Å². The van der Waals surface area contributed by atoms with Crippen LogP contribution in [0.1, 0.15) is 13.3 Å². The van der Waals surface area contributed by atoms with E-state index in [1.807, 2.05) is 0 Å². The lowest BCUT2D eigenvalue weighted by molar-refractivity contribution is -0.138. The molecule has 1 aromatic rings. The van der Waals surface area contributed by atoms with Crippen molar-refractivity contribution in [2.24, 2.45) is 0 Å². The van der Waals surface area contributed by atoms with Crippen molar-refractivity contribution in [3.05, 3.63) is 24.3 Å². The van der Waals surface area contributed by atoms with Gasteiger partial charge in [0, 0.05) is 12.7 Å². The van der Waals surface area contributed by atoms with Crippen LogP contribution in [-0.4, -0.2) is 39.6 Å². The number of carboxylic acids is 1. The van der Waals surface area contributed by atoms with Gasteiger partial charge in [-0.05, 0) is 37.7 Å². The van der Waals surface area contributed by atoms with Crippen molar-refractivity contribution in [2.45, 2.75) is 24.3 Å². The molecule has 0 aromatic heterocycles. The van der Waals surface area contributed by atoms with Gasteiger partial charge in [-0.1, -0.05) is 6.92 Å². The van der Waals surface area contributed by atoms with E-state index in [-0.39, 0.29) is 4.90 Å². The predicted molar refractivity (Wildman–Crippen MR) is 72.8 cm³/mol. The van der Waals surface area contributed by atoms with Gasteiger partial charge in [-0.3, -0.25) is 0 Å². The molecule has 1 rings (SSSR count). The van der Waals surface area contributed by atoms with Crippen LogP contribution in [-0.2, 0) is 14.8 Å². The molecular formula is C12H18N2O4S. The standard InChI is InChI=1S/C12H18N2O4S/c1-4-11(12(15)16)14(3)9-5-7-10(8-6-9)19(17,18)13-2/h5-8,11,13H,4H2,1-3H3,(H,15,16). The maximum Gasteiger partial charge on any atom is 0.326 e. The van der Waals surface area contributed by atoms with Crippen molar-refractivity contribution in [3.8, 4) is 0 Å². The second kappa shape index (κ2) is 6.03. The van der Waals surface area contributed by atoms with Gasteiger partial charge in [0.2, 0.25) is 10.0 Å². The summed E-state index contributed by atoms with van der Waals surface area (Å²) in [5.74, 6) is -0.906. The summed E-state index contributed by atoms with van der Waals surface area (Å²) in [7, 11) is -0.457. The maximum absolute atomic E-state index is 11.6. The minimum absolute atomic E-state index is 0.149. The van der Waals surface area contributed by atoms with Gasteiger partial charge in [-0.15, -0.1) is 0 Å². The number of nitrogens with zero attached hydrogens (tertiary/aromatic N) is 1. The molecule has 0 aliphatic rings. The minimum Gasteiger partial charge on any atom is -0.480 e. The second-order valence-electron chi connectivity index (χ2n) is 4.07. The summed E-state index contributed by atoms with van der Waals surface area (Å²) in [6.07, 6.45) is 0.461. The van der Waals surface area contributed by atoms with Gasteiger partial charge in [-0.2, -0.15) is 0 Å². The molecule has 1 atom stereocenters. The first-order valence-corrected chi connectivity index (χ1v) is 7.31. The Labute approximate surface area is 113 Å². The first kappa shape index (κ1) is 15.5. The summed E-state index contributed by atoms with van der Waals surface area (Å²) >= 11 is 0. The Morgan fingerprint density at radius 2 is 1.89 bits per heavy atom. The van der Waals surface area contributed by atoms with Gasteiger partial charge >= 0.3 is 5.97 Å². The van der Waals surface area contributed by atoms with E-state index < -0.39 is 22.0 Å². The highest BCUT2D eigenvalue weighted by Gasteiger charge is 2.21. The number of sulfonamides is 1. The van der Waals surface area contributed by atoms with Crippen molar-refractivity contribution >= 4 is 21.7 Å². The molecule has 0 spiro atoms. The van der Waals surface area contributed by atoms with Crippen LogP contribution in [0.25, 0.3) is 0 Å². The van der Waals surface area contributed by atoms with Crippen LogP contribution in [0.5, 0.6) is 0 Å². The molecule has 0 saturated carbocycles. The average molecular weight is 286 g/mol. The molecule has 0 bridgehead atoms. The van der Waals surface area contributed by atoms with Crippen LogP contribution < -0.4 is 9.62 Å². The summed E-state index contributed by atoms with van der Waals surface area (Å²) in [6.45, 7) is 1.79. The number of benzene rings is 1. The summed E-state index contributed by atoms with van der Waals surface area (Å²) in [5, 5.41) is 9.08. The summed E-state index contributed by atoms with van der Waals surface area (Å²) in [6, 6.07) is 5.45. The van der Waals surface area contributed by atoms with E-state index in [0.29, 0.717) is 12.1 Å². The van der Waals surface area contributed by atoms with Crippen molar-refractivity contribution in [1.29, 1.82) is 0 Å². The van der Waals surface area contributed by atoms with Crippen LogP contribution in [0.3, 0.4) is 0 Å². The molecule has 2 N–H and O–H groups in total. The molecule has 0 heterocycles. The Morgan fingerprint density at radius 3 is 2.26 bits per heavy atom. The predicted octanol–water partition coefficient (Wildman–Crippen LogP) is 0.894. The summed E-state index contributed by atoms with van der Waals surface area (Å²) in [5.41, 5.74) is 0.657. The highest BCUT2D eigenvalue weighted by molar-refractivity contribution is 7.89. The second-order valence-corrected chi connectivity index (χ2v) is 5.96. The minimum atomic E-state index is -3.47. The van der Waals surface area contributed by atoms with Crippen molar-refractivity contribution in [2.75, 3.05) is 19.0 Å². The lowest BCUT2D eigenvalue weighted by Gasteiger charge is -2.25. The number of carbonyl (C=O) groups is 1. The van der Waals surface area contributed by atoms with Crippen LogP contribution in [0, 0.1) is 0 Å². The fraction of sp³-hybridized carbons (Fsp3) is 0.417. The third kappa shape index (κ3) is 3.45. The monoisotopic (exact) mass is 286 g/mol. The Bertz CT molecular complexity index is 539. The van der Waals surface area contributed by atoms with Gasteiger partial charge in [-0.25, -0.2) is 17.9 Å². The van der Waals surface area contributed by atoms with Gasteiger partial charge < -0.3 is 10.0 Å². The SMILES string of the molecule is CCC(C(=O)O)N(C)c1ccc(S(=O)(=O)NC)cc1. The molecule has 19 heavy (non-hydrogen) atoms. The Morgan fingerprint density at radius 1 is 1.37 bits per heavy atom. The molecule has 0 aliphatic carbocycles. The maximum atomic E-state index is 11.6. The van der Waals surface area contributed by atoms with Gasteiger partial charge in [0.15, 0.2) is 0 Å². The van der Waals surface area contributed by atoms with Crippen molar-refractivity contribution < 1.29 is 18.3 Å². The van der Waals surface area contributed by atoms with E-state index in [2.05, 4.69) is 4.72 Å². The van der Waals surface area contributed by atoms with Crippen molar-refractivity contribution in [3.63, 3.8) is 0 Å². The lowest BCUT2D eigenvalue weighted by Crippen LogP contribution is -2.37. The molecular weight excluding hydrogens is 268 g/mol. The van der Waals surface area contributed by atoms with Gasteiger partial charge in [0.05, 0.1) is 4.90 Å². The highest BCUT2D eigenvalue weighted by Crippen LogP contribution is 2.19. The zero-order valence-electron chi connectivity index (χ0n) is 11.1. The fourth-order valence-electron chi connectivity index (χ4n) is 1.77. The van der Waals surface area contributed by atoms with E-state index in [4.69, 9.17) is 5.11 Å². The van der Waals surface area contributed by atoms with Crippen LogP contribution >= 0.6 is 0 Å². The highest BCUT2D eigenvalue weighted by atomic mass is 32.2. The van der Waals surface area contributed by atoms with Gasteiger partial charge in [0.25, 0.3) is 0 Å². The normalized spacial score (nSPS) is 13.0. The molecule has 1 unspecified atom stereocenters. The zero-order chi connectivity index (χ0) is 14.6. The van der Waals surface area contributed by atoms with Crippen LogP contribution in [0.15, 0.2) is 29.2 Å². The summed E-state index contributed by atoms with van der Waals surface area (Å²) < 4.78 is 25.3. The topological polar surface area (TPSA) is 86.7 Å². The molecule has 0 radical (unpaired) electrons. The molecule has 6 nitrogen and oxygen atoms in total. The van der Waals surface area contributed by atoms with Gasteiger partial charge in [0.1, 0.15) is 6.04 Å². The summed E-state index contributed by atoms with van der Waals surface area (Å²) in [4.78, 5) is 12.8. The first-order valence-electron chi connectivity index (χ1n) is 5.82. The quantitative estimate of drug-likeness (QED) is 0.811. The number of carboxylic acid groups (broad SMARTS) is 1. The van der Waals surface area contributed by atoms with E-state index in [1.165, 1.54) is 19.2 Å². The Kier molecular flexibility index (Phi) is 4.90. The molecule has 1 aromatic carbocycles. The number of likely N-dealkylation sites (N-methyl/N-ethyl adjacent to an activating group) is 1. The molecule has 0 fully saturated rings. The van der Waals surface area contributed by atoms with E-state index in [9.17, 15) is 13.2 Å². The van der Waals surface area contributed by atoms with Crippen molar-refractivity contribution in [1.82, 2.24) is 4.72 Å². The van der Waals surface area contributed by atoms with E-state index >= 15 is 0 Å². The third-order valence-corrected chi connectivity index (χ3v) is 4.39. The zero-order valence-corrected chi connectivity index (χ0v) is 11.9. The molecule has 0 amide bonds. The first-order chi connectivity index (χ1) is 8.83. The number of anilines is 1. The number of hydrogen-bond donors (Lipinski definition) is 2.